The maximum Gasteiger partial charge on any atom is 0.158 e. The molecule has 0 unspecified atom stereocenters. The van der Waals surface area contributed by atoms with Crippen LogP contribution < -0.4 is 5.32 Å². The molecule has 132 valence electrons. The van der Waals surface area contributed by atoms with Crippen LogP contribution in [-0.4, -0.2) is 46.8 Å². The molecule has 25 heavy (non-hydrogen) atoms. The predicted molar refractivity (Wildman–Crippen MR) is 104 cm³/mol. The normalized spacial score (nSPS) is 11.8. The molecular formula is C20H27N5. The van der Waals surface area contributed by atoms with Gasteiger partial charge in [-0.3, -0.25) is 0 Å². The van der Waals surface area contributed by atoms with Crippen molar-refractivity contribution < 1.29 is 0 Å². The van der Waals surface area contributed by atoms with Crippen molar-refractivity contribution in [1.29, 1.82) is 0 Å². The van der Waals surface area contributed by atoms with Crippen molar-refractivity contribution in [3.8, 4) is 11.3 Å². The second-order valence-corrected chi connectivity index (χ2v) is 6.83. The number of fused-ring (bicyclic) bond motifs is 1. The zero-order valence-corrected chi connectivity index (χ0v) is 15.5. The predicted octanol–water partition coefficient (Wildman–Crippen LogP) is 3.33. The van der Waals surface area contributed by atoms with Gasteiger partial charge in [0.15, 0.2) is 5.65 Å². The average molecular weight is 337 g/mol. The number of nitrogens with zero attached hydrogens (tertiary/aromatic N) is 4. The molecule has 0 atom stereocenters. The lowest BCUT2D eigenvalue weighted by Crippen LogP contribution is -2.26. The van der Waals surface area contributed by atoms with Gasteiger partial charge in [0.05, 0.1) is 11.9 Å². The number of nitrogens with one attached hydrogen (secondary N) is 1. The van der Waals surface area contributed by atoms with Gasteiger partial charge in [0, 0.05) is 36.6 Å². The number of rotatable bonds is 7. The maximum atomic E-state index is 4.87. The molecule has 0 aliphatic heterocycles. The SMILES string of the molecule is CNCCN(C)Cc1cccc(-c2ccc3cnn(C(C)C)c3n2)c1. The molecule has 0 amide bonds. The molecule has 0 fully saturated rings. The Hall–Kier alpha value is -2.24. The second kappa shape index (κ2) is 7.76. The number of aromatic nitrogens is 3. The summed E-state index contributed by atoms with van der Waals surface area (Å²) < 4.78 is 1.98. The topological polar surface area (TPSA) is 46.0 Å². The summed E-state index contributed by atoms with van der Waals surface area (Å²) in [6.07, 6.45) is 1.89. The molecule has 2 heterocycles. The Kier molecular flexibility index (Phi) is 5.46. The number of hydrogen-bond acceptors (Lipinski definition) is 4. The summed E-state index contributed by atoms with van der Waals surface area (Å²) in [6, 6.07) is 13.1. The third kappa shape index (κ3) is 4.06. The molecule has 0 saturated heterocycles. The molecule has 3 rings (SSSR count). The van der Waals surface area contributed by atoms with Crippen molar-refractivity contribution in [2.45, 2.75) is 26.4 Å². The van der Waals surface area contributed by atoms with Crippen LogP contribution >= 0.6 is 0 Å². The van der Waals surface area contributed by atoms with Gasteiger partial charge < -0.3 is 10.2 Å². The minimum atomic E-state index is 0.299. The first-order chi connectivity index (χ1) is 12.1. The highest BCUT2D eigenvalue weighted by Crippen LogP contribution is 2.23. The Morgan fingerprint density at radius 3 is 2.80 bits per heavy atom. The lowest BCUT2D eigenvalue weighted by atomic mass is 10.1. The number of pyridine rings is 1. The molecule has 0 spiro atoms. The van der Waals surface area contributed by atoms with E-state index in [0.29, 0.717) is 6.04 Å². The Morgan fingerprint density at radius 2 is 2.04 bits per heavy atom. The third-order valence-corrected chi connectivity index (χ3v) is 4.35. The van der Waals surface area contributed by atoms with Crippen LogP contribution in [0, 0.1) is 0 Å². The van der Waals surface area contributed by atoms with Crippen molar-refractivity contribution in [1.82, 2.24) is 25.0 Å². The van der Waals surface area contributed by atoms with Crippen LogP contribution in [-0.2, 0) is 6.54 Å². The Balaban J connectivity index is 1.87. The molecule has 1 aromatic carbocycles. The fourth-order valence-corrected chi connectivity index (χ4v) is 2.98. The molecule has 0 aliphatic carbocycles. The van der Waals surface area contributed by atoms with E-state index in [1.54, 1.807) is 0 Å². The van der Waals surface area contributed by atoms with Gasteiger partial charge in [0.2, 0.25) is 0 Å². The summed E-state index contributed by atoms with van der Waals surface area (Å²) in [7, 11) is 4.13. The number of likely N-dealkylation sites (N-methyl/N-ethyl adjacent to an activating group) is 2. The highest BCUT2D eigenvalue weighted by Gasteiger charge is 2.10. The van der Waals surface area contributed by atoms with Crippen molar-refractivity contribution in [3.05, 3.63) is 48.2 Å². The van der Waals surface area contributed by atoms with Crippen LogP contribution in [0.1, 0.15) is 25.5 Å². The van der Waals surface area contributed by atoms with Crippen LogP contribution in [0.4, 0.5) is 0 Å². The quantitative estimate of drug-likeness (QED) is 0.718. The van der Waals surface area contributed by atoms with Gasteiger partial charge in [-0.1, -0.05) is 18.2 Å². The van der Waals surface area contributed by atoms with Gasteiger partial charge >= 0.3 is 0 Å². The van der Waals surface area contributed by atoms with E-state index in [0.717, 1.165) is 41.9 Å². The number of hydrogen-bond donors (Lipinski definition) is 1. The standard InChI is InChI=1S/C20H27N5/c1-15(2)25-20-18(13-22-25)8-9-19(23-20)17-7-5-6-16(12-17)14-24(4)11-10-21-3/h5-9,12-13,15,21H,10-11,14H2,1-4H3. The van der Waals surface area contributed by atoms with E-state index in [1.165, 1.54) is 5.56 Å². The zero-order valence-electron chi connectivity index (χ0n) is 15.5. The largest absolute Gasteiger partial charge is 0.318 e. The molecule has 0 radical (unpaired) electrons. The van der Waals surface area contributed by atoms with Gasteiger partial charge in [0.1, 0.15) is 0 Å². The fraction of sp³-hybridized carbons (Fsp3) is 0.400. The monoisotopic (exact) mass is 337 g/mol. The highest BCUT2D eigenvalue weighted by molar-refractivity contribution is 5.78. The summed E-state index contributed by atoms with van der Waals surface area (Å²) in [5.74, 6) is 0. The second-order valence-electron chi connectivity index (χ2n) is 6.83. The molecule has 0 aliphatic rings. The molecule has 5 heteroatoms. The molecule has 3 aromatic rings. The molecular weight excluding hydrogens is 310 g/mol. The maximum absolute atomic E-state index is 4.87. The summed E-state index contributed by atoms with van der Waals surface area (Å²) in [6.45, 7) is 7.21. The average Bonchev–Trinajstić information content (AvgIpc) is 3.03. The van der Waals surface area contributed by atoms with Crippen LogP contribution in [0.15, 0.2) is 42.6 Å². The first-order valence-electron chi connectivity index (χ1n) is 8.85. The van der Waals surface area contributed by atoms with Crippen LogP contribution in [0.5, 0.6) is 0 Å². The molecule has 2 aromatic heterocycles. The van der Waals surface area contributed by atoms with Gasteiger partial charge in [-0.15, -0.1) is 0 Å². The van der Waals surface area contributed by atoms with E-state index < -0.39 is 0 Å². The van der Waals surface area contributed by atoms with Gasteiger partial charge in [0.25, 0.3) is 0 Å². The van der Waals surface area contributed by atoms with Crippen LogP contribution in [0.2, 0.25) is 0 Å². The summed E-state index contributed by atoms with van der Waals surface area (Å²) >= 11 is 0. The van der Waals surface area contributed by atoms with Crippen molar-refractivity contribution in [2.24, 2.45) is 0 Å². The minimum absolute atomic E-state index is 0.299. The fourth-order valence-electron chi connectivity index (χ4n) is 2.98. The number of benzene rings is 1. The summed E-state index contributed by atoms with van der Waals surface area (Å²) in [5.41, 5.74) is 4.40. The van der Waals surface area contributed by atoms with Crippen molar-refractivity contribution >= 4 is 11.0 Å². The Bertz CT molecular complexity index is 837. The van der Waals surface area contributed by atoms with E-state index >= 15 is 0 Å². The van der Waals surface area contributed by atoms with E-state index in [2.05, 4.69) is 72.6 Å². The molecule has 5 nitrogen and oxygen atoms in total. The van der Waals surface area contributed by atoms with Crippen molar-refractivity contribution in [2.75, 3.05) is 27.2 Å². The van der Waals surface area contributed by atoms with E-state index in [9.17, 15) is 0 Å². The lowest BCUT2D eigenvalue weighted by Gasteiger charge is -2.16. The zero-order chi connectivity index (χ0) is 17.8. The molecule has 1 N–H and O–H groups in total. The van der Waals surface area contributed by atoms with Gasteiger partial charge in [-0.25, -0.2) is 9.67 Å². The van der Waals surface area contributed by atoms with Crippen LogP contribution in [0.25, 0.3) is 22.3 Å². The smallest absolute Gasteiger partial charge is 0.158 e. The van der Waals surface area contributed by atoms with Crippen molar-refractivity contribution in [3.63, 3.8) is 0 Å². The highest BCUT2D eigenvalue weighted by atomic mass is 15.3. The summed E-state index contributed by atoms with van der Waals surface area (Å²) in [4.78, 5) is 7.19. The van der Waals surface area contributed by atoms with Crippen LogP contribution in [0.3, 0.4) is 0 Å². The Morgan fingerprint density at radius 1 is 1.20 bits per heavy atom. The van der Waals surface area contributed by atoms with E-state index in [-0.39, 0.29) is 0 Å². The first-order valence-corrected chi connectivity index (χ1v) is 8.85. The van der Waals surface area contributed by atoms with E-state index in [4.69, 9.17) is 4.98 Å². The Labute approximate surface area is 149 Å². The van der Waals surface area contributed by atoms with E-state index in [1.807, 2.05) is 17.9 Å². The summed E-state index contributed by atoms with van der Waals surface area (Å²) in [5, 5.41) is 8.73. The lowest BCUT2D eigenvalue weighted by molar-refractivity contribution is 0.328. The third-order valence-electron chi connectivity index (χ3n) is 4.35. The van der Waals surface area contributed by atoms with Gasteiger partial charge in [-0.2, -0.15) is 5.10 Å². The molecule has 0 saturated carbocycles. The first kappa shape index (κ1) is 17.6. The minimum Gasteiger partial charge on any atom is -0.318 e. The van der Waals surface area contributed by atoms with Gasteiger partial charge in [-0.05, 0) is 51.7 Å². The molecule has 0 bridgehead atoms.